The number of carbonyl (C=O) groups excluding carboxylic acids is 1. The summed E-state index contributed by atoms with van der Waals surface area (Å²) < 4.78 is 68.5. The van der Waals surface area contributed by atoms with Crippen LogP contribution in [0.4, 0.5) is 13.2 Å². The Kier molecular flexibility index (Phi) is 10.1. The third kappa shape index (κ3) is 8.24. The van der Waals surface area contributed by atoms with Gasteiger partial charge in [-0.15, -0.1) is 0 Å². The number of aryl methyl sites for hydroxylation is 1. The van der Waals surface area contributed by atoms with Gasteiger partial charge in [-0.2, -0.15) is 13.2 Å². The highest BCUT2D eigenvalue weighted by atomic mass is 32.2. The maximum atomic E-state index is 13.3. The number of rotatable bonds is 10. The Labute approximate surface area is 246 Å². The zero-order valence-corrected chi connectivity index (χ0v) is 24.5. The number of halogens is 3. The molecule has 0 bridgehead atoms. The Bertz CT molecular complexity index is 1560. The molecule has 2 N–H and O–H groups in total. The minimum absolute atomic E-state index is 0.243. The number of hydrogen-bond donors (Lipinski definition) is 2. The van der Waals surface area contributed by atoms with E-state index in [1.54, 1.807) is 30.3 Å². The lowest BCUT2D eigenvalue weighted by Crippen LogP contribution is -2.35. The number of nitrogens with one attached hydrogen (secondary N) is 2. The lowest BCUT2D eigenvalue weighted by Gasteiger charge is -2.23. The molecule has 0 radical (unpaired) electrons. The van der Waals surface area contributed by atoms with Gasteiger partial charge in [-0.3, -0.25) is 4.79 Å². The Morgan fingerprint density at radius 2 is 1.74 bits per heavy atom. The molecular formula is C33H35F3N2O3S. The highest BCUT2D eigenvalue weighted by molar-refractivity contribution is 7.89. The molecule has 1 aliphatic carbocycles. The summed E-state index contributed by atoms with van der Waals surface area (Å²) in [7, 11) is -4.39. The summed E-state index contributed by atoms with van der Waals surface area (Å²) in [6, 6.07) is 16.8. The fourth-order valence-corrected chi connectivity index (χ4v) is 6.20. The largest absolute Gasteiger partial charge is 0.416 e. The summed E-state index contributed by atoms with van der Waals surface area (Å²) in [5.74, 6) is 6.73. The van der Waals surface area contributed by atoms with E-state index in [-0.39, 0.29) is 12.5 Å². The standard InChI is InChI=1S/C33H35F3N2O3S/c1-3-30(29-19-18-25(20-23(29)2)13-8-12-24-10-7-11-24)37-32(39)22-31(26-14-5-4-6-15-26)38-42(40,41)28-17-9-16-27(21-28)33(34,35)36/h4-6,9,14-21,24,30-31,38H,3,7,10-11,13,22H2,1-2H3,(H,37,39)/t30-,31-/m1/s1. The van der Waals surface area contributed by atoms with Crippen molar-refractivity contribution in [3.63, 3.8) is 0 Å². The number of alkyl halides is 3. The van der Waals surface area contributed by atoms with Gasteiger partial charge in [-0.25, -0.2) is 13.1 Å². The summed E-state index contributed by atoms with van der Waals surface area (Å²) in [5.41, 5.74) is 2.53. The highest BCUT2D eigenvalue weighted by Crippen LogP contribution is 2.31. The van der Waals surface area contributed by atoms with Crippen molar-refractivity contribution >= 4 is 15.9 Å². The first-order valence-corrected chi connectivity index (χ1v) is 15.6. The second kappa shape index (κ2) is 13.6. The van der Waals surface area contributed by atoms with Gasteiger partial charge in [0.2, 0.25) is 15.9 Å². The van der Waals surface area contributed by atoms with Crippen molar-refractivity contribution < 1.29 is 26.4 Å². The predicted octanol–water partition coefficient (Wildman–Crippen LogP) is 7.04. The average Bonchev–Trinajstić information content (AvgIpc) is 2.93. The molecule has 1 fully saturated rings. The van der Waals surface area contributed by atoms with Crippen LogP contribution >= 0.6 is 0 Å². The molecular weight excluding hydrogens is 561 g/mol. The first kappa shape index (κ1) is 31.3. The topological polar surface area (TPSA) is 75.3 Å². The van der Waals surface area contributed by atoms with Gasteiger partial charge in [-0.1, -0.05) is 79.8 Å². The molecule has 0 spiro atoms. The Morgan fingerprint density at radius 1 is 1.00 bits per heavy atom. The van der Waals surface area contributed by atoms with Gasteiger partial charge in [0, 0.05) is 18.8 Å². The van der Waals surface area contributed by atoms with E-state index in [1.807, 2.05) is 26.0 Å². The van der Waals surface area contributed by atoms with Crippen molar-refractivity contribution in [3.8, 4) is 11.8 Å². The third-order valence-electron chi connectivity index (χ3n) is 7.52. The number of sulfonamides is 1. The maximum absolute atomic E-state index is 13.3. The molecule has 3 aromatic rings. The zero-order valence-electron chi connectivity index (χ0n) is 23.7. The van der Waals surface area contributed by atoms with Crippen molar-refractivity contribution in [2.45, 2.75) is 75.5 Å². The summed E-state index contributed by atoms with van der Waals surface area (Å²) in [6.07, 6.45) is -0.0386. The van der Waals surface area contributed by atoms with E-state index >= 15 is 0 Å². The number of carbonyl (C=O) groups is 1. The SMILES string of the molecule is CC[C@@H](NC(=O)C[C@@H](NS(=O)(=O)c1cccc(C(F)(F)F)c1)c1ccccc1)c1ccc(CC#CC2CCC2)cc1C. The Balaban J connectivity index is 1.49. The van der Waals surface area contributed by atoms with Gasteiger partial charge in [0.1, 0.15) is 0 Å². The van der Waals surface area contributed by atoms with Gasteiger partial charge in [-0.05, 0) is 66.6 Å². The molecule has 5 nitrogen and oxygen atoms in total. The Morgan fingerprint density at radius 3 is 2.36 bits per heavy atom. The smallest absolute Gasteiger partial charge is 0.349 e. The van der Waals surface area contributed by atoms with Crippen molar-refractivity contribution in [2.75, 3.05) is 0 Å². The molecule has 0 aromatic heterocycles. The molecule has 1 aliphatic rings. The molecule has 4 rings (SSSR count). The molecule has 1 amide bonds. The molecule has 42 heavy (non-hydrogen) atoms. The lowest BCUT2D eigenvalue weighted by atomic mass is 9.86. The van der Waals surface area contributed by atoms with E-state index < -0.39 is 38.6 Å². The van der Waals surface area contributed by atoms with Gasteiger partial charge >= 0.3 is 6.18 Å². The molecule has 0 unspecified atom stereocenters. The minimum Gasteiger partial charge on any atom is -0.349 e. The third-order valence-corrected chi connectivity index (χ3v) is 8.99. The second-order valence-corrected chi connectivity index (χ2v) is 12.4. The molecule has 1 saturated carbocycles. The quantitative estimate of drug-likeness (QED) is 0.247. The maximum Gasteiger partial charge on any atom is 0.416 e. The highest BCUT2D eigenvalue weighted by Gasteiger charge is 2.32. The predicted molar refractivity (Wildman–Crippen MR) is 157 cm³/mol. The van der Waals surface area contributed by atoms with E-state index in [0.29, 0.717) is 30.4 Å². The van der Waals surface area contributed by atoms with E-state index in [9.17, 15) is 26.4 Å². The summed E-state index contributed by atoms with van der Waals surface area (Å²) >= 11 is 0. The molecule has 0 heterocycles. The van der Waals surface area contributed by atoms with Crippen molar-refractivity contribution in [2.24, 2.45) is 5.92 Å². The van der Waals surface area contributed by atoms with Crippen LogP contribution in [-0.2, 0) is 27.4 Å². The number of hydrogen-bond acceptors (Lipinski definition) is 3. The van der Waals surface area contributed by atoms with Crippen LogP contribution in [0.25, 0.3) is 0 Å². The molecule has 3 aromatic carbocycles. The minimum atomic E-state index is -4.70. The van der Waals surface area contributed by atoms with E-state index in [0.717, 1.165) is 34.9 Å². The van der Waals surface area contributed by atoms with Crippen LogP contribution in [0.1, 0.15) is 78.9 Å². The number of amides is 1. The average molecular weight is 597 g/mol. The summed E-state index contributed by atoms with van der Waals surface area (Å²) in [4.78, 5) is 12.8. The van der Waals surface area contributed by atoms with Crippen LogP contribution in [0.3, 0.4) is 0 Å². The van der Waals surface area contributed by atoms with Crippen LogP contribution in [0.15, 0.2) is 77.7 Å². The van der Waals surface area contributed by atoms with Gasteiger partial charge in [0.15, 0.2) is 0 Å². The van der Waals surface area contributed by atoms with Crippen LogP contribution in [0, 0.1) is 24.7 Å². The molecule has 9 heteroatoms. The molecule has 0 saturated heterocycles. The van der Waals surface area contributed by atoms with E-state index in [1.165, 1.54) is 19.3 Å². The molecule has 0 aliphatic heterocycles. The van der Waals surface area contributed by atoms with Crippen molar-refractivity contribution in [3.05, 3.63) is 101 Å². The normalized spacial score (nSPS) is 15.2. The van der Waals surface area contributed by atoms with E-state index in [4.69, 9.17) is 0 Å². The van der Waals surface area contributed by atoms with Crippen LogP contribution < -0.4 is 10.0 Å². The lowest BCUT2D eigenvalue weighted by molar-refractivity contribution is -0.137. The fourth-order valence-electron chi connectivity index (χ4n) is 4.93. The van der Waals surface area contributed by atoms with Crippen LogP contribution in [-0.4, -0.2) is 14.3 Å². The zero-order chi connectivity index (χ0) is 30.3. The van der Waals surface area contributed by atoms with Gasteiger partial charge in [0.05, 0.1) is 22.5 Å². The first-order chi connectivity index (χ1) is 20.0. The summed E-state index contributed by atoms with van der Waals surface area (Å²) in [5, 5.41) is 3.02. The van der Waals surface area contributed by atoms with E-state index in [2.05, 4.69) is 27.9 Å². The van der Waals surface area contributed by atoms with Gasteiger partial charge in [0.25, 0.3) is 0 Å². The molecule has 222 valence electrons. The van der Waals surface area contributed by atoms with Crippen LogP contribution in [0.2, 0.25) is 0 Å². The Hall–Kier alpha value is -3.61. The number of benzene rings is 3. The second-order valence-electron chi connectivity index (χ2n) is 10.7. The summed E-state index contributed by atoms with van der Waals surface area (Å²) in [6.45, 7) is 3.94. The first-order valence-electron chi connectivity index (χ1n) is 14.1. The van der Waals surface area contributed by atoms with Crippen molar-refractivity contribution in [1.29, 1.82) is 0 Å². The molecule has 2 atom stereocenters. The monoisotopic (exact) mass is 596 g/mol. The van der Waals surface area contributed by atoms with Gasteiger partial charge < -0.3 is 5.32 Å². The van der Waals surface area contributed by atoms with Crippen molar-refractivity contribution in [1.82, 2.24) is 10.0 Å². The van der Waals surface area contributed by atoms with Crippen LogP contribution in [0.5, 0.6) is 0 Å². The fraction of sp³-hybridized carbons (Fsp3) is 0.364.